The third-order valence-electron chi connectivity index (χ3n) is 15.5. The molecule has 0 radical (unpaired) electrons. The molecule has 0 aromatic heterocycles. The van der Waals surface area contributed by atoms with Gasteiger partial charge >= 0.3 is 11.9 Å². The first-order valence-corrected chi connectivity index (χ1v) is 48.1. The van der Waals surface area contributed by atoms with E-state index in [4.69, 9.17) is 9.47 Å². The molecule has 0 atom stereocenters. The number of anilines is 2. The highest BCUT2D eigenvalue weighted by molar-refractivity contribution is 5.98. The molecule has 9 nitrogen and oxygen atoms in total. The average molecular weight is 1790 g/mol. The summed E-state index contributed by atoms with van der Waals surface area (Å²) in [5.74, 6) is 1.06. The SMILES string of the molecule is CC.CC.CC.CC.CC.CC.CC.CC.CC.CC.CC.CC.CC.CC.CN(c1ccccc1)c1ccccc1.O=C(Cc1ccccc1)Cc1ccccc1.O=C(Cc1ccccc1)c1ccccc1.O=C(Cc1ccccc1)c1ccccc1.O=C(Oc1ccccc1)c1ccccc1.O=C(Oc1ccccc1)c1ccccc1.OC(c1ccccc1)c1ccccc1. The van der Waals surface area contributed by atoms with Crippen molar-refractivity contribution in [3.63, 3.8) is 0 Å². The maximum atomic E-state index is 11.8. The zero-order valence-corrected chi connectivity index (χ0v) is 86.1. The number of carbonyl (C=O) groups excluding carboxylic acids is 5. The second kappa shape index (κ2) is 102. The Hall–Kier alpha value is -13.2. The molecule has 0 bridgehead atoms. The molecule has 14 aromatic rings. The average Bonchev–Trinajstić information content (AvgIpc) is 0.926. The molecule has 0 heterocycles. The first-order chi connectivity index (χ1) is 65.0. The second-order valence-corrected chi connectivity index (χ2v) is 23.4. The summed E-state index contributed by atoms with van der Waals surface area (Å²) in [5, 5.41) is 9.99. The number of ketones is 3. The summed E-state index contributed by atoms with van der Waals surface area (Å²) >= 11 is 0. The zero-order chi connectivity index (χ0) is 101. The molecular weight excluding hydrogens is 1620 g/mol. The molecule has 0 saturated carbocycles. The van der Waals surface area contributed by atoms with E-state index in [1.165, 1.54) is 11.4 Å². The molecule has 0 spiro atoms. The lowest BCUT2D eigenvalue weighted by Crippen LogP contribution is -2.08. The maximum Gasteiger partial charge on any atom is 0.343 e. The third kappa shape index (κ3) is 65.4. The van der Waals surface area contributed by atoms with E-state index < -0.39 is 6.10 Å². The third-order valence-corrected chi connectivity index (χ3v) is 15.5. The van der Waals surface area contributed by atoms with Gasteiger partial charge in [0.25, 0.3) is 0 Å². The summed E-state index contributed by atoms with van der Waals surface area (Å²) in [6.45, 7) is 56.0. The number of hydrogen-bond acceptors (Lipinski definition) is 9. The van der Waals surface area contributed by atoms with Crippen molar-refractivity contribution in [2.75, 3.05) is 11.9 Å². The molecule has 14 aromatic carbocycles. The molecule has 1 N–H and O–H groups in total. The Bertz CT molecular complexity index is 4100. The minimum absolute atomic E-state index is 0.168. The lowest BCUT2D eigenvalue weighted by molar-refractivity contribution is -0.117. The summed E-state index contributed by atoms with van der Waals surface area (Å²) in [6, 6.07) is 134. The molecule has 0 unspecified atom stereocenters. The monoisotopic (exact) mass is 1790 g/mol. The number of benzene rings is 14. The predicted molar refractivity (Wildman–Crippen MR) is 580 cm³/mol. The first kappa shape index (κ1) is 132. The Labute approximate surface area is 803 Å². The molecule has 0 aliphatic heterocycles. The van der Waals surface area contributed by atoms with E-state index in [9.17, 15) is 29.1 Å². The summed E-state index contributed by atoms with van der Waals surface area (Å²) in [5.41, 5.74) is 11.2. The van der Waals surface area contributed by atoms with Crippen molar-refractivity contribution in [1.29, 1.82) is 0 Å². The fraction of sp³-hybridized carbons (Fsp3) is 0.276. The highest BCUT2D eigenvalue weighted by Gasteiger charge is 2.12. The number of nitrogens with zero attached hydrogens (tertiary/aromatic N) is 1. The minimum Gasteiger partial charge on any atom is -0.423 e. The van der Waals surface area contributed by atoms with Crippen LogP contribution >= 0.6 is 0 Å². The number of esters is 2. The lowest BCUT2D eigenvalue weighted by atomic mass is 10.0. The first-order valence-electron chi connectivity index (χ1n) is 48.1. The van der Waals surface area contributed by atoms with Crippen LogP contribution in [-0.2, 0) is 30.5 Å². The molecule has 0 aliphatic rings. The van der Waals surface area contributed by atoms with E-state index >= 15 is 0 Å². The number of aliphatic hydroxyl groups is 1. The van der Waals surface area contributed by atoms with Crippen molar-refractivity contribution < 1.29 is 38.6 Å². The predicted octanol–water partition coefficient (Wildman–Crippen LogP) is 35.7. The molecule has 14 rings (SSSR count). The van der Waals surface area contributed by atoms with E-state index in [0.717, 1.165) is 44.5 Å². The van der Waals surface area contributed by atoms with Gasteiger partial charge in [0, 0.05) is 55.2 Å². The van der Waals surface area contributed by atoms with Crippen LogP contribution in [0.4, 0.5) is 11.4 Å². The van der Waals surface area contributed by atoms with Crippen LogP contribution in [0.25, 0.3) is 0 Å². The van der Waals surface area contributed by atoms with Gasteiger partial charge in [-0.1, -0.05) is 546 Å². The number of hydrogen-bond donors (Lipinski definition) is 1. The Morgan fingerprint density at radius 1 is 0.212 bits per heavy atom. The summed E-state index contributed by atoms with van der Waals surface area (Å²) in [4.78, 5) is 60.8. The van der Waals surface area contributed by atoms with Crippen LogP contribution in [0.1, 0.15) is 275 Å². The van der Waals surface area contributed by atoms with Crippen LogP contribution in [0.2, 0.25) is 0 Å². The van der Waals surface area contributed by atoms with Gasteiger partial charge in [-0.15, -0.1) is 0 Å². The maximum absolute atomic E-state index is 11.8. The van der Waals surface area contributed by atoms with Crippen molar-refractivity contribution in [1.82, 2.24) is 0 Å². The standard InChI is InChI=1S/C15H14O.2C14H12O.C13H13N.2C13H10O2.C13H12O.14C2H6/c16-15(11-13-7-3-1-4-8-13)12-14-9-5-2-6-10-14;2*15-14(13-9-5-2-6-10-13)11-12-7-3-1-4-8-12;1-14(12-8-4-2-5-9-12)13-10-6-3-7-11-13;2*14-13(11-7-3-1-4-8-11)15-12-9-5-2-6-10-12;14-13(11-7-3-1-4-8-11)12-9-5-2-6-10-12;14*1-2/h1-10H,11-12H2;2*1-10H,11H2;2-11H,1H3;2*1-10H;1-10,13-14H;14*1-2H3. The van der Waals surface area contributed by atoms with Crippen LogP contribution < -0.4 is 14.4 Å². The van der Waals surface area contributed by atoms with Crippen molar-refractivity contribution in [2.24, 2.45) is 0 Å². The van der Waals surface area contributed by atoms with Gasteiger partial charge in [-0.3, -0.25) is 14.4 Å². The number of para-hydroxylation sites is 4. The Morgan fingerprint density at radius 2 is 0.371 bits per heavy atom. The van der Waals surface area contributed by atoms with Crippen LogP contribution in [0.3, 0.4) is 0 Å². The van der Waals surface area contributed by atoms with Gasteiger partial charge in [-0.25, -0.2) is 9.59 Å². The highest BCUT2D eigenvalue weighted by atomic mass is 16.5. The van der Waals surface area contributed by atoms with Gasteiger partial charge in [0.15, 0.2) is 11.6 Å². The van der Waals surface area contributed by atoms with Crippen molar-refractivity contribution in [3.05, 3.63) is 480 Å². The summed E-state index contributed by atoms with van der Waals surface area (Å²) in [6.07, 6.45) is 1.48. The molecule has 712 valence electrons. The molecule has 0 aliphatic carbocycles. The number of ether oxygens (including phenoxy) is 2. The van der Waals surface area contributed by atoms with E-state index in [1.807, 2.05) is 521 Å². The molecule has 132 heavy (non-hydrogen) atoms. The van der Waals surface area contributed by atoms with Crippen LogP contribution in [-0.4, -0.2) is 41.4 Å². The number of aliphatic hydroxyl groups excluding tert-OH is 1. The molecule has 0 fully saturated rings. The van der Waals surface area contributed by atoms with Crippen LogP contribution in [0.5, 0.6) is 11.5 Å². The molecule has 0 saturated heterocycles. The van der Waals surface area contributed by atoms with Gasteiger partial charge < -0.3 is 19.5 Å². The second-order valence-electron chi connectivity index (χ2n) is 23.4. The zero-order valence-electron chi connectivity index (χ0n) is 86.1. The van der Waals surface area contributed by atoms with Gasteiger partial charge in [-0.2, -0.15) is 0 Å². The molecule has 0 amide bonds. The van der Waals surface area contributed by atoms with E-state index in [2.05, 4.69) is 60.5 Å². The number of Topliss-reactive ketones (excluding diaryl/α,β-unsaturated/α-hetero) is 3. The number of rotatable bonds is 18. The fourth-order valence-electron chi connectivity index (χ4n) is 10.1. The minimum atomic E-state index is -0.516. The fourth-order valence-corrected chi connectivity index (χ4v) is 10.1. The van der Waals surface area contributed by atoms with Crippen LogP contribution in [0.15, 0.2) is 425 Å². The lowest BCUT2D eigenvalue weighted by Gasteiger charge is -2.18. The topological polar surface area (TPSA) is 127 Å². The Balaban J connectivity index is -0.000000264. The van der Waals surface area contributed by atoms with Crippen LogP contribution in [0, 0.1) is 0 Å². The smallest absolute Gasteiger partial charge is 0.343 e. The van der Waals surface area contributed by atoms with Gasteiger partial charge in [0.05, 0.1) is 11.1 Å². The summed E-state index contributed by atoms with van der Waals surface area (Å²) < 4.78 is 10.3. The van der Waals surface area contributed by atoms with Crippen molar-refractivity contribution in [2.45, 2.75) is 226 Å². The van der Waals surface area contributed by atoms with Gasteiger partial charge in [0.2, 0.25) is 0 Å². The molecule has 9 heteroatoms. The van der Waals surface area contributed by atoms with E-state index in [0.29, 0.717) is 48.3 Å². The van der Waals surface area contributed by atoms with E-state index in [1.54, 1.807) is 48.5 Å². The largest absolute Gasteiger partial charge is 0.423 e. The molecular formula is C123H167NO8. The highest BCUT2D eigenvalue weighted by Crippen LogP contribution is 2.24. The van der Waals surface area contributed by atoms with Crippen molar-refractivity contribution >= 4 is 40.7 Å². The van der Waals surface area contributed by atoms with Gasteiger partial charge in [-0.05, 0) is 106 Å². The summed E-state index contributed by atoms with van der Waals surface area (Å²) in [7, 11) is 2.07. The quantitative estimate of drug-likeness (QED) is 0.0507. The Kier molecular flexibility index (Phi) is 101. The normalized spacial score (nSPS) is 8.42. The van der Waals surface area contributed by atoms with Gasteiger partial charge in [0.1, 0.15) is 23.4 Å². The van der Waals surface area contributed by atoms with E-state index in [-0.39, 0.29) is 29.3 Å². The number of carbonyl (C=O) groups is 5. The van der Waals surface area contributed by atoms with Crippen molar-refractivity contribution in [3.8, 4) is 11.5 Å². The Morgan fingerprint density at radius 3 is 0.576 bits per heavy atom.